The number of aromatic nitrogens is 1. The summed E-state index contributed by atoms with van der Waals surface area (Å²) in [6.07, 6.45) is 3.19. The van der Waals surface area contributed by atoms with Crippen molar-refractivity contribution in [2.45, 2.75) is 18.9 Å². The van der Waals surface area contributed by atoms with Crippen molar-refractivity contribution >= 4 is 23.2 Å². The van der Waals surface area contributed by atoms with Gasteiger partial charge in [0.05, 0.1) is 10.0 Å². The van der Waals surface area contributed by atoms with E-state index in [1.165, 1.54) is 0 Å². The van der Waals surface area contributed by atoms with E-state index in [1.54, 1.807) is 12.3 Å². The van der Waals surface area contributed by atoms with Crippen LogP contribution in [0, 0.1) is 0 Å². The van der Waals surface area contributed by atoms with Gasteiger partial charge in [-0.05, 0) is 30.2 Å². The van der Waals surface area contributed by atoms with Gasteiger partial charge in [-0.2, -0.15) is 0 Å². The van der Waals surface area contributed by atoms with E-state index in [2.05, 4.69) is 4.98 Å². The first-order valence-electron chi connectivity index (χ1n) is 5.75. The molecule has 94 valence electrons. The van der Waals surface area contributed by atoms with Crippen molar-refractivity contribution in [2.24, 2.45) is 5.73 Å². The molecule has 2 nitrogen and oxygen atoms in total. The monoisotopic (exact) mass is 280 g/mol. The van der Waals surface area contributed by atoms with Gasteiger partial charge >= 0.3 is 0 Å². The zero-order chi connectivity index (χ0) is 13.0. The molecule has 0 aliphatic carbocycles. The molecule has 2 N–H and O–H groups in total. The lowest BCUT2D eigenvalue weighted by atomic mass is 10.0. The maximum absolute atomic E-state index is 6.14. The molecular weight excluding hydrogens is 267 g/mol. The molecule has 0 amide bonds. The number of nitrogens with zero attached hydrogens (tertiary/aromatic N) is 1. The summed E-state index contributed by atoms with van der Waals surface area (Å²) >= 11 is 12.1. The second-order valence-corrected chi connectivity index (χ2v) is 4.99. The van der Waals surface area contributed by atoms with Crippen LogP contribution in [0.2, 0.25) is 10.0 Å². The van der Waals surface area contributed by atoms with Crippen LogP contribution in [0.15, 0.2) is 42.6 Å². The van der Waals surface area contributed by atoms with Crippen LogP contribution in [0.1, 0.15) is 11.3 Å². The molecule has 1 atom stereocenters. The molecule has 2 aromatic rings. The van der Waals surface area contributed by atoms with Crippen molar-refractivity contribution in [3.05, 3.63) is 63.9 Å². The first-order valence-corrected chi connectivity index (χ1v) is 6.51. The third-order valence-electron chi connectivity index (χ3n) is 2.71. The molecule has 0 bridgehead atoms. The molecule has 0 spiro atoms. The van der Waals surface area contributed by atoms with Gasteiger partial charge in [0, 0.05) is 24.4 Å². The molecule has 0 saturated carbocycles. The fraction of sp³-hybridized carbons (Fsp3) is 0.214. The highest BCUT2D eigenvalue weighted by atomic mass is 35.5. The van der Waals surface area contributed by atoms with Crippen molar-refractivity contribution in [2.75, 3.05) is 0 Å². The van der Waals surface area contributed by atoms with E-state index in [1.807, 2.05) is 30.3 Å². The van der Waals surface area contributed by atoms with Crippen molar-refractivity contribution < 1.29 is 0 Å². The summed E-state index contributed by atoms with van der Waals surface area (Å²) in [5.41, 5.74) is 8.08. The fourth-order valence-corrected chi connectivity index (χ4v) is 2.25. The largest absolute Gasteiger partial charge is 0.327 e. The quantitative estimate of drug-likeness (QED) is 0.931. The Morgan fingerprint density at radius 1 is 1.06 bits per heavy atom. The zero-order valence-electron chi connectivity index (χ0n) is 9.81. The molecule has 4 heteroatoms. The second kappa shape index (κ2) is 6.19. The highest BCUT2D eigenvalue weighted by molar-refractivity contribution is 6.42. The molecule has 1 aromatic heterocycles. The van der Waals surface area contributed by atoms with Gasteiger partial charge in [0.2, 0.25) is 0 Å². The Hall–Kier alpha value is -1.09. The van der Waals surface area contributed by atoms with Crippen LogP contribution >= 0.6 is 23.2 Å². The van der Waals surface area contributed by atoms with Crippen LogP contribution in [0.4, 0.5) is 0 Å². The fourth-order valence-electron chi connectivity index (χ4n) is 1.85. The number of benzene rings is 1. The van der Waals surface area contributed by atoms with Crippen LogP contribution in [-0.2, 0) is 12.8 Å². The van der Waals surface area contributed by atoms with Gasteiger partial charge in [0.25, 0.3) is 0 Å². The van der Waals surface area contributed by atoms with Gasteiger partial charge in [0.1, 0.15) is 0 Å². The van der Waals surface area contributed by atoms with E-state index >= 15 is 0 Å². The summed E-state index contributed by atoms with van der Waals surface area (Å²) in [6, 6.07) is 11.4. The summed E-state index contributed by atoms with van der Waals surface area (Å²) in [5.74, 6) is 0. The molecule has 1 unspecified atom stereocenters. The van der Waals surface area contributed by atoms with E-state index in [-0.39, 0.29) is 6.04 Å². The summed E-state index contributed by atoms with van der Waals surface area (Å²) in [6.45, 7) is 0. The van der Waals surface area contributed by atoms with Crippen molar-refractivity contribution in [3.8, 4) is 0 Å². The summed E-state index contributed by atoms with van der Waals surface area (Å²) in [5, 5.41) is 1.16. The van der Waals surface area contributed by atoms with E-state index in [0.29, 0.717) is 16.5 Å². The Bertz CT molecular complexity index is 514. The molecule has 1 heterocycles. The molecule has 1 aromatic carbocycles. The molecule has 0 saturated heterocycles. The van der Waals surface area contributed by atoms with Gasteiger partial charge in [-0.15, -0.1) is 0 Å². The first-order chi connectivity index (χ1) is 8.66. The molecule has 2 rings (SSSR count). The predicted octanol–water partition coefficient (Wildman–Crippen LogP) is 3.50. The maximum Gasteiger partial charge on any atom is 0.0624 e. The van der Waals surface area contributed by atoms with Gasteiger partial charge in [-0.1, -0.05) is 41.4 Å². The van der Waals surface area contributed by atoms with Crippen molar-refractivity contribution in [1.82, 2.24) is 4.98 Å². The van der Waals surface area contributed by atoms with E-state index in [4.69, 9.17) is 28.9 Å². The molecule has 0 radical (unpaired) electrons. The van der Waals surface area contributed by atoms with Crippen LogP contribution in [0.25, 0.3) is 0 Å². The Labute approximate surface area is 117 Å². The molecule has 0 aliphatic rings. The highest BCUT2D eigenvalue weighted by Gasteiger charge is 2.10. The summed E-state index contributed by atoms with van der Waals surface area (Å²) in [4.78, 5) is 4.26. The van der Waals surface area contributed by atoms with Gasteiger partial charge in [0.15, 0.2) is 0 Å². The van der Waals surface area contributed by atoms with Crippen molar-refractivity contribution in [3.63, 3.8) is 0 Å². The number of rotatable bonds is 4. The predicted molar refractivity (Wildman–Crippen MR) is 76.1 cm³/mol. The summed E-state index contributed by atoms with van der Waals surface area (Å²) < 4.78 is 0. The van der Waals surface area contributed by atoms with E-state index < -0.39 is 0 Å². The van der Waals surface area contributed by atoms with Gasteiger partial charge in [-0.25, -0.2) is 0 Å². The second-order valence-electron chi connectivity index (χ2n) is 4.20. The topological polar surface area (TPSA) is 38.9 Å². The Kier molecular flexibility index (Phi) is 4.59. The lowest BCUT2D eigenvalue weighted by Gasteiger charge is -2.12. The normalized spacial score (nSPS) is 12.4. The van der Waals surface area contributed by atoms with E-state index in [0.717, 1.165) is 17.7 Å². The average Bonchev–Trinajstić information content (AvgIpc) is 2.36. The number of halogens is 2. The van der Waals surface area contributed by atoms with Crippen LogP contribution in [0.3, 0.4) is 0 Å². The lowest BCUT2D eigenvalue weighted by Crippen LogP contribution is -2.26. The minimum absolute atomic E-state index is 0.0177. The third kappa shape index (κ3) is 3.45. The Balaban J connectivity index is 2.03. The molecule has 18 heavy (non-hydrogen) atoms. The molecule has 0 fully saturated rings. The molecule has 0 aliphatic heterocycles. The minimum Gasteiger partial charge on any atom is -0.327 e. The van der Waals surface area contributed by atoms with Crippen molar-refractivity contribution in [1.29, 1.82) is 0 Å². The summed E-state index contributed by atoms with van der Waals surface area (Å²) in [7, 11) is 0. The smallest absolute Gasteiger partial charge is 0.0624 e. The average molecular weight is 281 g/mol. The maximum atomic E-state index is 6.14. The number of nitrogens with two attached hydrogens (primary N) is 1. The van der Waals surface area contributed by atoms with Gasteiger partial charge in [-0.3, -0.25) is 4.98 Å². The number of hydrogen-bond donors (Lipinski definition) is 1. The van der Waals surface area contributed by atoms with Crippen LogP contribution in [-0.4, -0.2) is 11.0 Å². The Morgan fingerprint density at radius 3 is 2.61 bits per heavy atom. The lowest BCUT2D eigenvalue weighted by molar-refractivity contribution is 0.654. The first kappa shape index (κ1) is 13.3. The standard InChI is InChI=1S/C14H14Cl2N2/c15-13-6-3-4-10(14(13)16)8-11(17)9-12-5-1-2-7-18-12/h1-7,11H,8-9,17H2. The highest BCUT2D eigenvalue weighted by Crippen LogP contribution is 2.26. The van der Waals surface area contributed by atoms with Crippen LogP contribution in [0.5, 0.6) is 0 Å². The van der Waals surface area contributed by atoms with Crippen LogP contribution < -0.4 is 5.73 Å². The number of hydrogen-bond acceptors (Lipinski definition) is 2. The minimum atomic E-state index is -0.0177. The number of pyridine rings is 1. The van der Waals surface area contributed by atoms with Gasteiger partial charge < -0.3 is 5.73 Å². The third-order valence-corrected chi connectivity index (χ3v) is 3.57. The Morgan fingerprint density at radius 2 is 1.89 bits per heavy atom. The zero-order valence-corrected chi connectivity index (χ0v) is 11.3. The SMILES string of the molecule is NC(Cc1ccccn1)Cc1cccc(Cl)c1Cl. The molecular formula is C14H14Cl2N2. The van der Waals surface area contributed by atoms with E-state index in [9.17, 15) is 0 Å².